The molecule has 1 heterocycles. The number of hydrogen-bond acceptors (Lipinski definition) is 3. The van der Waals surface area contributed by atoms with E-state index in [2.05, 4.69) is 26.8 Å². The molecular weight excluding hydrogens is 286 g/mol. The van der Waals surface area contributed by atoms with Gasteiger partial charge in [-0.1, -0.05) is 30.3 Å². The number of halogens is 1. The van der Waals surface area contributed by atoms with Crippen molar-refractivity contribution < 1.29 is 4.84 Å². The summed E-state index contributed by atoms with van der Waals surface area (Å²) in [5, 5.41) is 2.05. The third kappa shape index (κ3) is 3.42. The molecule has 2 rings (SSSR count). The summed E-state index contributed by atoms with van der Waals surface area (Å²) >= 11 is 5.18. The molecule has 1 aromatic heterocycles. The molecule has 0 saturated heterocycles. The first kappa shape index (κ1) is 11.8. The Morgan fingerprint density at radius 1 is 1.19 bits per heavy atom. The van der Waals surface area contributed by atoms with Crippen LogP contribution in [0.3, 0.4) is 0 Å². The fourth-order valence-electron chi connectivity index (χ4n) is 1.28. The lowest BCUT2D eigenvalue weighted by Crippen LogP contribution is -2.13. The number of thiophene rings is 1. The summed E-state index contributed by atoms with van der Waals surface area (Å²) in [5.74, 6) is 0. The lowest BCUT2D eigenvalue weighted by atomic mass is 10.2. The Hall–Kier alpha value is -0.680. The van der Waals surface area contributed by atoms with Crippen molar-refractivity contribution in [3.05, 3.63) is 56.7 Å². The van der Waals surface area contributed by atoms with Gasteiger partial charge in [0.1, 0.15) is 0 Å². The highest BCUT2D eigenvalue weighted by Gasteiger charge is 2.00. The van der Waals surface area contributed by atoms with Gasteiger partial charge >= 0.3 is 0 Å². The Kier molecular flexibility index (Phi) is 4.54. The molecule has 0 amide bonds. The SMILES string of the molecule is Brc1ccsc1CNOCc1ccccc1. The molecule has 0 aliphatic carbocycles. The molecule has 0 aliphatic rings. The molecule has 0 bridgehead atoms. The molecule has 4 heteroatoms. The van der Waals surface area contributed by atoms with Gasteiger partial charge in [0.15, 0.2) is 0 Å². The Labute approximate surface area is 107 Å². The van der Waals surface area contributed by atoms with Crippen LogP contribution in [0.2, 0.25) is 0 Å². The number of hydrogen-bond donors (Lipinski definition) is 1. The zero-order valence-corrected chi connectivity index (χ0v) is 11.1. The zero-order chi connectivity index (χ0) is 11.2. The van der Waals surface area contributed by atoms with E-state index < -0.39 is 0 Å². The Bertz CT molecular complexity index is 430. The molecule has 0 radical (unpaired) electrons. The van der Waals surface area contributed by atoms with Gasteiger partial charge in [0.25, 0.3) is 0 Å². The van der Waals surface area contributed by atoms with E-state index in [1.807, 2.05) is 36.4 Å². The van der Waals surface area contributed by atoms with Crippen molar-refractivity contribution in [2.24, 2.45) is 0 Å². The summed E-state index contributed by atoms with van der Waals surface area (Å²) in [6.45, 7) is 1.31. The van der Waals surface area contributed by atoms with E-state index in [-0.39, 0.29) is 0 Å². The van der Waals surface area contributed by atoms with Gasteiger partial charge in [-0.2, -0.15) is 5.48 Å². The summed E-state index contributed by atoms with van der Waals surface area (Å²) in [5.41, 5.74) is 4.12. The second-order valence-electron chi connectivity index (χ2n) is 3.29. The predicted molar refractivity (Wildman–Crippen MR) is 70.1 cm³/mol. The fraction of sp³-hybridized carbons (Fsp3) is 0.167. The summed E-state index contributed by atoms with van der Waals surface area (Å²) in [6.07, 6.45) is 0. The van der Waals surface area contributed by atoms with E-state index in [0.717, 1.165) is 11.0 Å². The number of nitrogens with one attached hydrogen (secondary N) is 1. The van der Waals surface area contributed by atoms with Gasteiger partial charge in [-0.25, -0.2) is 0 Å². The summed E-state index contributed by atoms with van der Waals surface area (Å²) in [4.78, 5) is 6.63. The molecule has 16 heavy (non-hydrogen) atoms. The van der Waals surface area contributed by atoms with Crippen LogP contribution in [0, 0.1) is 0 Å². The average molecular weight is 298 g/mol. The summed E-state index contributed by atoms with van der Waals surface area (Å²) in [7, 11) is 0. The highest BCUT2D eigenvalue weighted by atomic mass is 79.9. The lowest BCUT2D eigenvalue weighted by Gasteiger charge is -2.04. The molecule has 0 aliphatic heterocycles. The molecule has 0 unspecified atom stereocenters. The molecule has 84 valence electrons. The van der Waals surface area contributed by atoms with Gasteiger partial charge in [-0.05, 0) is 32.9 Å². The molecule has 0 fully saturated rings. The monoisotopic (exact) mass is 297 g/mol. The Morgan fingerprint density at radius 2 is 2.00 bits per heavy atom. The van der Waals surface area contributed by atoms with E-state index in [1.54, 1.807) is 11.3 Å². The second kappa shape index (κ2) is 6.15. The Balaban J connectivity index is 1.72. The van der Waals surface area contributed by atoms with Crippen molar-refractivity contribution in [2.45, 2.75) is 13.2 Å². The molecular formula is C12H12BrNOS. The maximum Gasteiger partial charge on any atom is 0.0933 e. The maximum atomic E-state index is 5.38. The van der Waals surface area contributed by atoms with Crippen LogP contribution in [0.15, 0.2) is 46.3 Å². The largest absolute Gasteiger partial charge is 0.297 e. The molecule has 0 saturated carbocycles. The zero-order valence-electron chi connectivity index (χ0n) is 8.65. The van der Waals surface area contributed by atoms with Gasteiger partial charge in [-0.15, -0.1) is 11.3 Å². The molecule has 2 aromatic rings. The predicted octanol–water partition coefficient (Wildman–Crippen LogP) is 3.73. The van der Waals surface area contributed by atoms with Crippen molar-refractivity contribution in [1.29, 1.82) is 0 Å². The Morgan fingerprint density at radius 3 is 2.69 bits per heavy atom. The van der Waals surface area contributed by atoms with Crippen LogP contribution in [-0.4, -0.2) is 0 Å². The van der Waals surface area contributed by atoms with Crippen LogP contribution >= 0.6 is 27.3 Å². The minimum atomic E-state index is 0.587. The van der Waals surface area contributed by atoms with Crippen LogP contribution in [0.1, 0.15) is 10.4 Å². The van der Waals surface area contributed by atoms with Crippen LogP contribution in [0.25, 0.3) is 0 Å². The fourth-order valence-corrected chi connectivity index (χ4v) is 2.70. The van der Waals surface area contributed by atoms with E-state index in [9.17, 15) is 0 Å². The van der Waals surface area contributed by atoms with Crippen molar-refractivity contribution in [1.82, 2.24) is 5.48 Å². The van der Waals surface area contributed by atoms with Gasteiger partial charge in [-0.3, -0.25) is 4.84 Å². The smallest absolute Gasteiger partial charge is 0.0933 e. The highest BCUT2D eigenvalue weighted by molar-refractivity contribution is 9.10. The van der Waals surface area contributed by atoms with Crippen molar-refractivity contribution in [3.8, 4) is 0 Å². The molecule has 1 N–H and O–H groups in total. The van der Waals surface area contributed by atoms with Crippen molar-refractivity contribution >= 4 is 27.3 Å². The van der Waals surface area contributed by atoms with Crippen LogP contribution in [0.4, 0.5) is 0 Å². The first-order valence-electron chi connectivity index (χ1n) is 4.96. The lowest BCUT2D eigenvalue weighted by molar-refractivity contribution is 0.0239. The van der Waals surface area contributed by atoms with Gasteiger partial charge < -0.3 is 0 Å². The van der Waals surface area contributed by atoms with Gasteiger partial charge in [0, 0.05) is 9.35 Å². The molecule has 0 atom stereocenters. The summed E-state index contributed by atoms with van der Waals surface area (Å²) < 4.78 is 1.13. The molecule has 0 spiro atoms. The van der Waals surface area contributed by atoms with Crippen molar-refractivity contribution in [3.63, 3.8) is 0 Å². The minimum Gasteiger partial charge on any atom is -0.297 e. The van der Waals surface area contributed by atoms with Crippen LogP contribution < -0.4 is 5.48 Å². The van der Waals surface area contributed by atoms with Gasteiger partial charge in [0.2, 0.25) is 0 Å². The summed E-state index contributed by atoms with van der Waals surface area (Å²) in [6, 6.07) is 12.1. The standard InChI is InChI=1S/C12H12BrNOS/c13-11-6-7-16-12(11)8-14-15-9-10-4-2-1-3-5-10/h1-7,14H,8-9H2. The first-order chi connectivity index (χ1) is 7.86. The van der Waals surface area contributed by atoms with E-state index >= 15 is 0 Å². The highest BCUT2D eigenvalue weighted by Crippen LogP contribution is 2.22. The quantitative estimate of drug-likeness (QED) is 0.671. The normalized spacial score (nSPS) is 10.6. The van der Waals surface area contributed by atoms with Crippen LogP contribution in [0.5, 0.6) is 0 Å². The molecule has 2 nitrogen and oxygen atoms in total. The molecule has 1 aromatic carbocycles. The van der Waals surface area contributed by atoms with Crippen LogP contribution in [-0.2, 0) is 18.0 Å². The van der Waals surface area contributed by atoms with E-state index in [4.69, 9.17) is 4.84 Å². The topological polar surface area (TPSA) is 21.3 Å². The third-order valence-electron chi connectivity index (χ3n) is 2.11. The first-order valence-corrected chi connectivity index (χ1v) is 6.64. The average Bonchev–Trinajstić information content (AvgIpc) is 2.72. The van der Waals surface area contributed by atoms with E-state index in [1.165, 1.54) is 10.4 Å². The number of rotatable bonds is 5. The maximum absolute atomic E-state index is 5.38. The van der Waals surface area contributed by atoms with E-state index in [0.29, 0.717) is 6.61 Å². The third-order valence-corrected chi connectivity index (χ3v) is 4.03. The minimum absolute atomic E-state index is 0.587. The van der Waals surface area contributed by atoms with Gasteiger partial charge in [0.05, 0.1) is 13.2 Å². The second-order valence-corrected chi connectivity index (χ2v) is 5.14. The number of hydroxylamine groups is 1. The number of benzene rings is 1. The van der Waals surface area contributed by atoms with Crippen molar-refractivity contribution in [2.75, 3.05) is 0 Å².